The normalized spacial score (nSPS) is 12.3. The van der Waals surface area contributed by atoms with Crippen molar-refractivity contribution in [3.63, 3.8) is 0 Å². The Hall–Kier alpha value is -2.18. The van der Waals surface area contributed by atoms with Crippen LogP contribution in [-0.2, 0) is 11.2 Å². The number of hydrogen-bond donors (Lipinski definition) is 0. The summed E-state index contributed by atoms with van der Waals surface area (Å²) in [7, 11) is 0. The average Bonchev–Trinajstić information content (AvgIpc) is 2.98. The molecular formula is C14H12N4OS. The van der Waals surface area contributed by atoms with Crippen molar-refractivity contribution in [1.82, 2.24) is 19.7 Å². The van der Waals surface area contributed by atoms with Crippen molar-refractivity contribution in [2.75, 3.05) is 6.26 Å². The summed E-state index contributed by atoms with van der Waals surface area (Å²) in [5, 5.41) is 4.64. The van der Waals surface area contributed by atoms with E-state index in [1.54, 1.807) is 29.4 Å². The van der Waals surface area contributed by atoms with Gasteiger partial charge in [-0.1, -0.05) is 18.2 Å². The summed E-state index contributed by atoms with van der Waals surface area (Å²) >= 11 is -1.20. The van der Waals surface area contributed by atoms with Gasteiger partial charge in [-0.05, 0) is 24.3 Å². The number of benzene rings is 1. The van der Waals surface area contributed by atoms with Crippen LogP contribution in [0.1, 0.15) is 0 Å². The smallest absolute Gasteiger partial charge is 0.343 e. The lowest BCUT2D eigenvalue weighted by Gasteiger charge is -2.07. The predicted octanol–water partition coefficient (Wildman–Crippen LogP) is 2.07. The molecule has 0 fully saturated rings. The summed E-state index contributed by atoms with van der Waals surface area (Å²) in [6.07, 6.45) is 4.89. The summed E-state index contributed by atoms with van der Waals surface area (Å²) in [6.45, 7) is 0. The topological polar surface area (TPSA) is 66.7 Å². The Morgan fingerprint density at radius 1 is 1.05 bits per heavy atom. The van der Waals surface area contributed by atoms with Crippen LogP contribution in [0.5, 0.6) is 0 Å². The van der Waals surface area contributed by atoms with Gasteiger partial charge in [0.15, 0.2) is 0 Å². The van der Waals surface area contributed by atoms with Crippen LogP contribution < -0.4 is 0 Å². The molecule has 0 spiro atoms. The first-order valence-electron chi connectivity index (χ1n) is 6.02. The predicted molar refractivity (Wildman–Crippen MR) is 76.9 cm³/mol. The van der Waals surface area contributed by atoms with Crippen LogP contribution in [0.25, 0.3) is 17.1 Å². The van der Waals surface area contributed by atoms with E-state index in [1.807, 2.05) is 36.4 Å². The fraction of sp³-hybridized carbons (Fsp3) is 0.0714. The highest BCUT2D eigenvalue weighted by atomic mass is 32.2. The molecule has 2 aromatic heterocycles. The number of nitrogens with zero attached hydrogens (tertiary/aromatic N) is 4. The third-order valence-corrected chi connectivity index (χ3v) is 3.51. The van der Waals surface area contributed by atoms with Crippen LogP contribution in [0.4, 0.5) is 0 Å². The molecule has 3 aromatic rings. The number of para-hydroxylation sites is 1. The van der Waals surface area contributed by atoms with Gasteiger partial charge in [0.1, 0.15) is 6.26 Å². The van der Waals surface area contributed by atoms with Crippen LogP contribution in [0, 0.1) is 0 Å². The summed E-state index contributed by atoms with van der Waals surface area (Å²) in [6, 6.07) is 13.5. The Balaban J connectivity index is 2.08. The van der Waals surface area contributed by atoms with Crippen LogP contribution >= 0.6 is 0 Å². The molecule has 0 aliphatic rings. The van der Waals surface area contributed by atoms with E-state index < -0.39 is 11.2 Å². The highest BCUT2D eigenvalue weighted by Crippen LogP contribution is 2.20. The molecule has 100 valence electrons. The minimum Gasteiger partial charge on any atom is -0.609 e. The fourth-order valence-electron chi connectivity index (χ4n) is 1.89. The first-order valence-corrected chi connectivity index (χ1v) is 7.58. The molecule has 20 heavy (non-hydrogen) atoms. The third kappa shape index (κ3) is 2.43. The quantitative estimate of drug-likeness (QED) is 0.545. The van der Waals surface area contributed by atoms with Gasteiger partial charge in [0, 0.05) is 17.4 Å². The molecule has 5 nitrogen and oxygen atoms in total. The second-order valence-corrected chi connectivity index (χ2v) is 5.42. The van der Waals surface area contributed by atoms with Crippen molar-refractivity contribution in [2.24, 2.45) is 0 Å². The van der Waals surface area contributed by atoms with E-state index in [9.17, 15) is 4.55 Å². The molecule has 0 aliphatic heterocycles. The molecular weight excluding hydrogens is 272 g/mol. The average molecular weight is 284 g/mol. The number of aromatic nitrogens is 4. The lowest BCUT2D eigenvalue weighted by Crippen LogP contribution is -2.06. The van der Waals surface area contributed by atoms with Gasteiger partial charge in [-0.15, -0.1) is 0 Å². The molecule has 1 unspecified atom stereocenters. The number of rotatable bonds is 3. The first-order chi connectivity index (χ1) is 9.75. The van der Waals surface area contributed by atoms with E-state index in [1.165, 1.54) is 0 Å². The van der Waals surface area contributed by atoms with Crippen LogP contribution in [0.2, 0.25) is 0 Å². The molecule has 3 rings (SSSR count). The molecule has 0 N–H and O–H groups in total. The van der Waals surface area contributed by atoms with Crippen LogP contribution in [0.3, 0.4) is 0 Å². The SMILES string of the molecule is C[S+]([O-])c1nccc(-c2ccnn2-c2ccccc2)n1. The highest BCUT2D eigenvalue weighted by Gasteiger charge is 2.13. The molecule has 0 saturated heterocycles. The Morgan fingerprint density at radius 2 is 1.85 bits per heavy atom. The Labute approximate surface area is 119 Å². The summed E-state index contributed by atoms with van der Waals surface area (Å²) in [5.74, 6) is 0. The van der Waals surface area contributed by atoms with Gasteiger partial charge in [0.05, 0.1) is 23.3 Å². The van der Waals surface area contributed by atoms with Gasteiger partial charge in [-0.2, -0.15) is 15.1 Å². The van der Waals surface area contributed by atoms with Gasteiger partial charge in [0.2, 0.25) is 0 Å². The minimum absolute atomic E-state index is 0.323. The third-order valence-electron chi connectivity index (χ3n) is 2.80. The van der Waals surface area contributed by atoms with Crippen molar-refractivity contribution >= 4 is 11.2 Å². The zero-order chi connectivity index (χ0) is 13.9. The maximum Gasteiger partial charge on any atom is 0.343 e. The van der Waals surface area contributed by atoms with E-state index in [2.05, 4.69) is 15.1 Å². The molecule has 0 radical (unpaired) electrons. The molecule has 1 atom stereocenters. The first kappa shape index (κ1) is 12.8. The second kappa shape index (κ2) is 5.44. The van der Waals surface area contributed by atoms with E-state index in [0.29, 0.717) is 10.9 Å². The Kier molecular flexibility index (Phi) is 3.49. The monoisotopic (exact) mass is 284 g/mol. The van der Waals surface area contributed by atoms with Gasteiger partial charge in [-0.25, -0.2) is 4.68 Å². The largest absolute Gasteiger partial charge is 0.609 e. The molecule has 1 aromatic carbocycles. The lowest BCUT2D eigenvalue weighted by atomic mass is 10.2. The molecule has 0 aliphatic carbocycles. The lowest BCUT2D eigenvalue weighted by molar-refractivity contribution is 0.592. The summed E-state index contributed by atoms with van der Waals surface area (Å²) < 4.78 is 13.3. The summed E-state index contributed by atoms with van der Waals surface area (Å²) in [4.78, 5) is 8.34. The highest BCUT2D eigenvalue weighted by molar-refractivity contribution is 7.90. The van der Waals surface area contributed by atoms with Crippen molar-refractivity contribution in [1.29, 1.82) is 0 Å². The van der Waals surface area contributed by atoms with E-state index in [0.717, 1.165) is 11.4 Å². The maximum atomic E-state index is 11.5. The number of hydrogen-bond acceptors (Lipinski definition) is 4. The fourth-order valence-corrected chi connectivity index (χ4v) is 2.33. The van der Waals surface area contributed by atoms with Crippen molar-refractivity contribution < 1.29 is 4.55 Å². The Bertz CT molecular complexity index is 712. The minimum atomic E-state index is -1.20. The van der Waals surface area contributed by atoms with Crippen molar-refractivity contribution in [2.45, 2.75) is 5.16 Å². The summed E-state index contributed by atoms with van der Waals surface area (Å²) in [5.41, 5.74) is 2.49. The zero-order valence-corrected chi connectivity index (χ0v) is 11.6. The van der Waals surface area contributed by atoms with Gasteiger partial charge >= 0.3 is 5.16 Å². The zero-order valence-electron chi connectivity index (χ0n) is 10.8. The second-order valence-electron chi connectivity index (χ2n) is 4.14. The van der Waals surface area contributed by atoms with Crippen LogP contribution in [0.15, 0.2) is 60.0 Å². The van der Waals surface area contributed by atoms with Gasteiger partial charge < -0.3 is 4.55 Å². The van der Waals surface area contributed by atoms with E-state index >= 15 is 0 Å². The Morgan fingerprint density at radius 3 is 2.60 bits per heavy atom. The molecule has 2 heterocycles. The molecule has 0 bridgehead atoms. The molecule has 0 saturated carbocycles. The van der Waals surface area contributed by atoms with Crippen molar-refractivity contribution in [3.05, 3.63) is 54.9 Å². The molecule has 6 heteroatoms. The maximum absolute atomic E-state index is 11.5. The molecule has 0 amide bonds. The van der Waals surface area contributed by atoms with Gasteiger partial charge in [-0.3, -0.25) is 0 Å². The van der Waals surface area contributed by atoms with Crippen LogP contribution in [-0.4, -0.2) is 30.6 Å². The van der Waals surface area contributed by atoms with Crippen molar-refractivity contribution in [3.8, 4) is 17.1 Å². The van der Waals surface area contributed by atoms with Gasteiger partial charge in [0.25, 0.3) is 0 Å². The van der Waals surface area contributed by atoms with E-state index in [4.69, 9.17) is 0 Å². The standard InChI is InChI=1S/C14H12N4OS/c1-20(19)14-15-9-7-12(17-14)13-8-10-16-18(13)11-5-3-2-4-6-11/h2-10H,1H3. The van der Waals surface area contributed by atoms with E-state index in [-0.39, 0.29) is 0 Å².